The predicted molar refractivity (Wildman–Crippen MR) is 88.3 cm³/mol. The Balaban J connectivity index is 2.08. The Morgan fingerprint density at radius 3 is 3.00 bits per heavy atom. The van der Waals surface area contributed by atoms with E-state index >= 15 is 0 Å². The molecule has 1 aliphatic rings. The van der Waals surface area contributed by atoms with E-state index in [0.29, 0.717) is 23.1 Å². The average Bonchev–Trinajstić information content (AvgIpc) is 3.19. The third-order valence-corrected chi connectivity index (χ3v) is 3.53. The van der Waals surface area contributed by atoms with Crippen molar-refractivity contribution in [2.24, 2.45) is 4.99 Å². The van der Waals surface area contributed by atoms with Crippen molar-refractivity contribution in [1.29, 1.82) is 0 Å². The van der Waals surface area contributed by atoms with Gasteiger partial charge in [-0.2, -0.15) is 5.10 Å². The van der Waals surface area contributed by atoms with Crippen LogP contribution in [-0.2, 0) is 0 Å². The molecule has 1 fully saturated rings. The molecule has 2 aromatic rings. The molecule has 23 heavy (non-hydrogen) atoms. The quantitative estimate of drug-likeness (QED) is 0.720. The van der Waals surface area contributed by atoms with Gasteiger partial charge in [-0.15, -0.1) is 0 Å². The number of nitrogens with one attached hydrogen (secondary N) is 3. The SMILES string of the molecule is C=Nc1c(/C=C\C)cc(-c2n[nH]c(=O)[nH]2)nc1O[C@H]1CCNC1. The van der Waals surface area contributed by atoms with E-state index in [1.807, 2.05) is 19.1 Å². The highest BCUT2D eigenvalue weighted by molar-refractivity contribution is 5.73. The van der Waals surface area contributed by atoms with Crippen LogP contribution in [0.15, 0.2) is 21.9 Å². The fraction of sp³-hybridized carbons (Fsp3) is 0.333. The molecule has 0 spiro atoms. The van der Waals surface area contributed by atoms with Crippen molar-refractivity contribution < 1.29 is 4.74 Å². The molecule has 0 unspecified atom stereocenters. The summed E-state index contributed by atoms with van der Waals surface area (Å²) in [5, 5.41) is 9.50. The van der Waals surface area contributed by atoms with Crippen molar-refractivity contribution in [2.75, 3.05) is 13.1 Å². The first-order valence-electron chi connectivity index (χ1n) is 7.38. The zero-order valence-corrected chi connectivity index (χ0v) is 12.8. The Hall–Kier alpha value is -2.74. The van der Waals surface area contributed by atoms with Crippen LogP contribution < -0.4 is 15.7 Å². The van der Waals surface area contributed by atoms with Crippen molar-refractivity contribution >= 4 is 18.5 Å². The van der Waals surface area contributed by atoms with Gasteiger partial charge in [-0.1, -0.05) is 12.2 Å². The molecule has 120 valence electrons. The third kappa shape index (κ3) is 3.21. The number of aliphatic imine (C=N–C) groups is 1. The second-order valence-electron chi connectivity index (χ2n) is 5.17. The molecule has 3 rings (SSSR count). The highest BCUT2D eigenvalue weighted by Crippen LogP contribution is 2.34. The van der Waals surface area contributed by atoms with E-state index < -0.39 is 0 Å². The summed E-state index contributed by atoms with van der Waals surface area (Å²) in [7, 11) is 0. The van der Waals surface area contributed by atoms with Crippen LogP contribution in [0.5, 0.6) is 5.88 Å². The lowest BCUT2D eigenvalue weighted by molar-refractivity contribution is 0.215. The van der Waals surface area contributed by atoms with E-state index in [1.54, 1.807) is 6.07 Å². The van der Waals surface area contributed by atoms with Crippen molar-refractivity contribution in [3.8, 4) is 17.4 Å². The predicted octanol–water partition coefficient (Wildman–Crippen LogP) is 1.27. The summed E-state index contributed by atoms with van der Waals surface area (Å²) in [6.45, 7) is 7.20. The molecule has 1 atom stereocenters. The van der Waals surface area contributed by atoms with E-state index in [1.165, 1.54) is 0 Å². The lowest BCUT2D eigenvalue weighted by atomic mass is 10.1. The molecular weight excluding hydrogens is 296 g/mol. The lowest BCUT2D eigenvalue weighted by Crippen LogP contribution is -2.20. The highest BCUT2D eigenvalue weighted by Gasteiger charge is 2.21. The van der Waals surface area contributed by atoms with E-state index in [9.17, 15) is 4.79 Å². The molecule has 8 nitrogen and oxygen atoms in total. The molecule has 0 amide bonds. The molecule has 3 heterocycles. The summed E-state index contributed by atoms with van der Waals surface area (Å²) in [5.74, 6) is 0.744. The number of rotatable bonds is 5. The maximum absolute atomic E-state index is 11.3. The van der Waals surface area contributed by atoms with Crippen LogP contribution in [-0.4, -0.2) is 46.1 Å². The fourth-order valence-corrected chi connectivity index (χ4v) is 2.48. The summed E-state index contributed by atoms with van der Waals surface area (Å²) in [5.41, 5.74) is 1.50. The van der Waals surface area contributed by atoms with E-state index in [2.05, 4.69) is 37.2 Å². The molecule has 3 N–H and O–H groups in total. The minimum Gasteiger partial charge on any atom is -0.471 e. The minimum absolute atomic E-state index is 0.0370. The van der Waals surface area contributed by atoms with Crippen molar-refractivity contribution in [3.63, 3.8) is 0 Å². The Morgan fingerprint density at radius 2 is 2.39 bits per heavy atom. The topological polar surface area (TPSA) is 108 Å². The van der Waals surface area contributed by atoms with Gasteiger partial charge in [0, 0.05) is 12.1 Å². The Bertz CT molecular complexity index is 786. The normalized spacial score (nSPS) is 17.7. The summed E-state index contributed by atoms with van der Waals surface area (Å²) in [4.78, 5) is 22.4. The van der Waals surface area contributed by atoms with Gasteiger partial charge < -0.3 is 10.1 Å². The largest absolute Gasteiger partial charge is 0.471 e. The number of pyridine rings is 1. The van der Waals surface area contributed by atoms with Crippen LogP contribution >= 0.6 is 0 Å². The van der Waals surface area contributed by atoms with Gasteiger partial charge in [0.05, 0.1) is 0 Å². The number of hydrogen-bond donors (Lipinski definition) is 3. The second-order valence-corrected chi connectivity index (χ2v) is 5.17. The van der Waals surface area contributed by atoms with Crippen LogP contribution in [0.4, 0.5) is 5.69 Å². The average molecular weight is 314 g/mol. The zero-order chi connectivity index (χ0) is 16.2. The van der Waals surface area contributed by atoms with Gasteiger partial charge in [-0.3, -0.25) is 9.98 Å². The monoisotopic (exact) mass is 314 g/mol. The molecule has 0 radical (unpaired) electrons. The lowest BCUT2D eigenvalue weighted by Gasteiger charge is -2.15. The van der Waals surface area contributed by atoms with Gasteiger partial charge >= 0.3 is 5.69 Å². The van der Waals surface area contributed by atoms with Crippen LogP contribution in [0.3, 0.4) is 0 Å². The maximum atomic E-state index is 11.3. The van der Waals surface area contributed by atoms with Crippen LogP contribution in [0.1, 0.15) is 18.9 Å². The first-order chi connectivity index (χ1) is 11.2. The van der Waals surface area contributed by atoms with Gasteiger partial charge in [0.2, 0.25) is 5.88 Å². The molecule has 1 aliphatic heterocycles. The number of allylic oxidation sites excluding steroid dienone is 1. The van der Waals surface area contributed by atoms with Crippen molar-refractivity contribution in [3.05, 3.63) is 28.2 Å². The second kappa shape index (κ2) is 6.57. The summed E-state index contributed by atoms with van der Waals surface area (Å²) < 4.78 is 5.98. The van der Waals surface area contributed by atoms with Gasteiger partial charge in [-0.05, 0) is 32.7 Å². The van der Waals surface area contributed by atoms with Gasteiger partial charge in [0.25, 0.3) is 0 Å². The van der Waals surface area contributed by atoms with Crippen LogP contribution in [0.2, 0.25) is 0 Å². The Kier molecular flexibility index (Phi) is 4.33. The Labute approximate surface area is 132 Å². The summed E-state index contributed by atoms with van der Waals surface area (Å²) in [6, 6.07) is 1.79. The number of H-pyrrole nitrogens is 2. The fourth-order valence-electron chi connectivity index (χ4n) is 2.48. The summed E-state index contributed by atoms with van der Waals surface area (Å²) in [6.07, 6.45) is 4.72. The van der Waals surface area contributed by atoms with Crippen LogP contribution in [0.25, 0.3) is 17.6 Å². The molecule has 0 aliphatic carbocycles. The molecule has 0 saturated carbocycles. The molecule has 1 saturated heterocycles. The van der Waals surface area contributed by atoms with Crippen molar-refractivity contribution in [2.45, 2.75) is 19.4 Å². The van der Waals surface area contributed by atoms with E-state index in [4.69, 9.17) is 4.74 Å². The Morgan fingerprint density at radius 1 is 1.52 bits per heavy atom. The molecular formula is C15H18N6O2. The number of aromatic amines is 2. The first kappa shape index (κ1) is 15.2. The molecule has 2 aromatic heterocycles. The van der Waals surface area contributed by atoms with Gasteiger partial charge in [-0.25, -0.2) is 14.9 Å². The van der Waals surface area contributed by atoms with Crippen molar-refractivity contribution in [1.82, 2.24) is 25.5 Å². The summed E-state index contributed by atoms with van der Waals surface area (Å²) >= 11 is 0. The van der Waals surface area contributed by atoms with Crippen LogP contribution in [0, 0.1) is 0 Å². The third-order valence-electron chi connectivity index (χ3n) is 3.53. The number of ether oxygens (including phenoxy) is 1. The number of hydrogen-bond acceptors (Lipinski definition) is 6. The molecule has 8 heteroatoms. The molecule has 0 bridgehead atoms. The van der Waals surface area contributed by atoms with Gasteiger partial charge in [0.1, 0.15) is 17.5 Å². The maximum Gasteiger partial charge on any atom is 0.340 e. The van der Waals surface area contributed by atoms with E-state index in [0.717, 1.165) is 25.1 Å². The zero-order valence-electron chi connectivity index (χ0n) is 12.8. The van der Waals surface area contributed by atoms with E-state index in [-0.39, 0.29) is 11.8 Å². The number of nitrogens with zero attached hydrogens (tertiary/aromatic N) is 3. The van der Waals surface area contributed by atoms with Gasteiger partial charge in [0.15, 0.2) is 5.82 Å². The standard InChI is InChI=1S/C15H18N6O2/c1-3-4-9-7-11(13-19-15(22)21-20-13)18-14(12(9)16-2)23-10-5-6-17-8-10/h3-4,7,10,17H,2,5-6,8H2,1H3,(H2,19,20,21,22)/b4-3-/t10-/m0/s1. The minimum atomic E-state index is -0.386. The number of aromatic nitrogens is 4. The smallest absolute Gasteiger partial charge is 0.340 e. The molecule has 0 aromatic carbocycles. The highest BCUT2D eigenvalue weighted by atomic mass is 16.5. The first-order valence-corrected chi connectivity index (χ1v) is 7.38.